The standard InChI is InChI=1S/C13H23N3OS/c1-5-13(6-7-13)9-14-8-10-11(17-4)15-12(18-10)16(2)3/h14H,5-9H2,1-4H3. The van der Waals surface area contributed by atoms with E-state index >= 15 is 0 Å². The minimum atomic E-state index is 0.586. The van der Waals surface area contributed by atoms with E-state index in [1.165, 1.54) is 24.1 Å². The van der Waals surface area contributed by atoms with Crippen LogP contribution in [0, 0.1) is 5.41 Å². The van der Waals surface area contributed by atoms with Crippen LogP contribution in [-0.4, -0.2) is 32.7 Å². The fourth-order valence-corrected chi connectivity index (χ4v) is 2.98. The molecule has 1 fully saturated rings. The zero-order chi connectivity index (χ0) is 13.2. The Balaban J connectivity index is 1.91. The molecule has 1 aromatic heterocycles. The van der Waals surface area contributed by atoms with Crippen LogP contribution in [0.25, 0.3) is 0 Å². The topological polar surface area (TPSA) is 37.4 Å². The van der Waals surface area contributed by atoms with Crippen molar-refractivity contribution in [1.82, 2.24) is 10.3 Å². The second kappa shape index (κ2) is 5.45. The Morgan fingerprint density at radius 2 is 2.17 bits per heavy atom. The minimum Gasteiger partial charge on any atom is -0.480 e. The van der Waals surface area contributed by atoms with Gasteiger partial charge >= 0.3 is 0 Å². The number of anilines is 1. The maximum absolute atomic E-state index is 5.33. The van der Waals surface area contributed by atoms with E-state index in [0.717, 1.165) is 24.1 Å². The van der Waals surface area contributed by atoms with Gasteiger partial charge in [-0.1, -0.05) is 18.3 Å². The fraction of sp³-hybridized carbons (Fsp3) is 0.769. The van der Waals surface area contributed by atoms with Crippen molar-refractivity contribution in [2.24, 2.45) is 5.41 Å². The molecule has 1 N–H and O–H groups in total. The molecule has 0 spiro atoms. The summed E-state index contributed by atoms with van der Waals surface area (Å²) in [6.07, 6.45) is 4.03. The Labute approximate surface area is 113 Å². The summed E-state index contributed by atoms with van der Waals surface area (Å²) in [6.45, 7) is 4.25. The van der Waals surface area contributed by atoms with Crippen molar-refractivity contribution < 1.29 is 4.74 Å². The lowest BCUT2D eigenvalue weighted by atomic mass is 10.0. The highest BCUT2D eigenvalue weighted by Crippen LogP contribution is 2.48. The Kier molecular flexibility index (Phi) is 4.12. The van der Waals surface area contributed by atoms with Gasteiger partial charge in [-0.2, -0.15) is 4.98 Å². The lowest BCUT2D eigenvalue weighted by molar-refractivity contribution is 0.391. The highest BCUT2D eigenvalue weighted by Gasteiger charge is 2.39. The number of hydrogen-bond donors (Lipinski definition) is 1. The van der Waals surface area contributed by atoms with Gasteiger partial charge in [-0.15, -0.1) is 0 Å². The number of thiazole rings is 1. The van der Waals surface area contributed by atoms with Crippen LogP contribution in [0.4, 0.5) is 5.13 Å². The molecule has 4 nitrogen and oxygen atoms in total. The summed E-state index contributed by atoms with van der Waals surface area (Å²) < 4.78 is 5.33. The van der Waals surface area contributed by atoms with Crippen LogP contribution < -0.4 is 15.0 Å². The van der Waals surface area contributed by atoms with Crippen LogP contribution in [0.2, 0.25) is 0 Å². The van der Waals surface area contributed by atoms with Gasteiger partial charge in [0.2, 0.25) is 5.88 Å². The summed E-state index contributed by atoms with van der Waals surface area (Å²) in [5.41, 5.74) is 0.586. The number of nitrogens with one attached hydrogen (secondary N) is 1. The zero-order valence-corrected chi connectivity index (χ0v) is 12.6. The van der Waals surface area contributed by atoms with Crippen molar-refractivity contribution in [2.45, 2.75) is 32.7 Å². The smallest absolute Gasteiger partial charge is 0.230 e. The number of hydrogen-bond acceptors (Lipinski definition) is 5. The van der Waals surface area contributed by atoms with Gasteiger partial charge in [0.15, 0.2) is 5.13 Å². The minimum absolute atomic E-state index is 0.586. The zero-order valence-electron chi connectivity index (χ0n) is 11.7. The second-order valence-corrected chi connectivity index (χ2v) is 6.34. The maximum Gasteiger partial charge on any atom is 0.230 e. The summed E-state index contributed by atoms with van der Waals surface area (Å²) in [4.78, 5) is 7.67. The van der Waals surface area contributed by atoms with E-state index in [1.54, 1.807) is 18.4 Å². The van der Waals surface area contributed by atoms with E-state index in [2.05, 4.69) is 17.2 Å². The number of methoxy groups -OCH3 is 1. The molecule has 0 radical (unpaired) electrons. The predicted octanol–water partition coefficient (Wildman–Crippen LogP) is 2.50. The van der Waals surface area contributed by atoms with Crippen molar-refractivity contribution in [3.63, 3.8) is 0 Å². The monoisotopic (exact) mass is 269 g/mol. The molecular formula is C13H23N3OS. The summed E-state index contributed by atoms with van der Waals surface area (Å²) in [7, 11) is 5.70. The van der Waals surface area contributed by atoms with Gasteiger partial charge in [0.25, 0.3) is 0 Å². The SMILES string of the molecule is CCC1(CNCc2sc(N(C)C)nc2OC)CC1. The van der Waals surface area contributed by atoms with Crippen LogP contribution in [0.3, 0.4) is 0 Å². The third-order valence-corrected chi connectivity index (χ3v) is 4.92. The largest absolute Gasteiger partial charge is 0.480 e. The highest BCUT2D eigenvalue weighted by atomic mass is 32.1. The second-order valence-electron chi connectivity index (χ2n) is 5.28. The molecule has 0 aliphatic heterocycles. The number of nitrogens with zero attached hydrogens (tertiary/aromatic N) is 2. The lowest BCUT2D eigenvalue weighted by Crippen LogP contribution is -2.22. The van der Waals surface area contributed by atoms with E-state index in [4.69, 9.17) is 4.74 Å². The maximum atomic E-state index is 5.33. The molecule has 5 heteroatoms. The fourth-order valence-electron chi connectivity index (χ4n) is 2.06. The molecule has 2 rings (SSSR count). The highest BCUT2D eigenvalue weighted by molar-refractivity contribution is 7.15. The molecule has 0 saturated heterocycles. The summed E-state index contributed by atoms with van der Waals surface area (Å²) >= 11 is 1.70. The van der Waals surface area contributed by atoms with Crippen molar-refractivity contribution in [3.8, 4) is 5.88 Å². The summed E-state index contributed by atoms with van der Waals surface area (Å²) in [6, 6.07) is 0. The van der Waals surface area contributed by atoms with E-state index in [9.17, 15) is 0 Å². The van der Waals surface area contributed by atoms with Crippen molar-refractivity contribution in [3.05, 3.63) is 4.88 Å². The molecule has 0 aromatic carbocycles. The first-order valence-electron chi connectivity index (χ1n) is 6.52. The summed E-state index contributed by atoms with van der Waals surface area (Å²) in [5.74, 6) is 0.762. The van der Waals surface area contributed by atoms with Gasteiger partial charge in [-0.05, 0) is 24.7 Å². The van der Waals surface area contributed by atoms with E-state index in [0.29, 0.717) is 5.41 Å². The quantitative estimate of drug-likeness (QED) is 0.825. The molecule has 0 amide bonds. The number of rotatable bonds is 7. The normalized spacial score (nSPS) is 16.7. The van der Waals surface area contributed by atoms with E-state index in [-0.39, 0.29) is 0 Å². The Morgan fingerprint density at radius 1 is 1.44 bits per heavy atom. The van der Waals surface area contributed by atoms with Gasteiger partial charge in [-0.3, -0.25) is 0 Å². The lowest BCUT2D eigenvalue weighted by Gasteiger charge is -2.12. The molecule has 0 unspecified atom stereocenters. The third-order valence-electron chi connectivity index (χ3n) is 3.72. The van der Waals surface area contributed by atoms with Gasteiger partial charge in [0, 0.05) is 27.2 Å². The third kappa shape index (κ3) is 2.95. The van der Waals surface area contributed by atoms with Gasteiger partial charge in [0.1, 0.15) is 0 Å². The number of ether oxygens (including phenoxy) is 1. The van der Waals surface area contributed by atoms with Gasteiger partial charge < -0.3 is 15.0 Å². The first kappa shape index (κ1) is 13.6. The Bertz CT molecular complexity index is 399. The van der Waals surface area contributed by atoms with E-state index in [1.807, 2.05) is 19.0 Å². The van der Waals surface area contributed by atoms with Crippen molar-refractivity contribution >= 4 is 16.5 Å². The van der Waals surface area contributed by atoms with E-state index < -0.39 is 0 Å². The molecule has 1 heterocycles. The van der Waals surface area contributed by atoms with Crippen LogP contribution >= 0.6 is 11.3 Å². The number of aromatic nitrogens is 1. The summed E-state index contributed by atoms with van der Waals surface area (Å²) in [5, 5.41) is 4.55. The molecule has 0 bridgehead atoms. The average molecular weight is 269 g/mol. The van der Waals surface area contributed by atoms with Gasteiger partial charge in [0.05, 0.1) is 12.0 Å². The van der Waals surface area contributed by atoms with Crippen LogP contribution in [-0.2, 0) is 6.54 Å². The van der Waals surface area contributed by atoms with Crippen molar-refractivity contribution in [2.75, 3.05) is 32.6 Å². The predicted molar refractivity (Wildman–Crippen MR) is 76.7 cm³/mol. The molecular weight excluding hydrogens is 246 g/mol. The molecule has 18 heavy (non-hydrogen) atoms. The Morgan fingerprint density at radius 3 is 2.67 bits per heavy atom. The molecule has 1 aromatic rings. The van der Waals surface area contributed by atoms with Gasteiger partial charge in [-0.25, -0.2) is 0 Å². The van der Waals surface area contributed by atoms with Crippen molar-refractivity contribution in [1.29, 1.82) is 0 Å². The molecule has 1 saturated carbocycles. The average Bonchev–Trinajstić information content (AvgIpc) is 3.01. The first-order chi connectivity index (χ1) is 8.60. The van der Waals surface area contributed by atoms with Crippen LogP contribution in [0.5, 0.6) is 5.88 Å². The first-order valence-corrected chi connectivity index (χ1v) is 7.33. The Hall–Kier alpha value is -0.810. The molecule has 102 valence electrons. The molecule has 0 atom stereocenters. The van der Waals surface area contributed by atoms with Crippen LogP contribution in [0.1, 0.15) is 31.1 Å². The molecule has 1 aliphatic rings. The molecule has 1 aliphatic carbocycles. The van der Waals surface area contributed by atoms with Crippen LogP contribution in [0.15, 0.2) is 0 Å².